The largest absolute Gasteiger partial charge is 0.455 e. The van der Waals surface area contributed by atoms with Crippen LogP contribution in [0.25, 0.3) is 109 Å². The van der Waals surface area contributed by atoms with Crippen LogP contribution in [0.4, 0.5) is 0 Å². The molecule has 6 heteroatoms. The molecule has 11 aromatic rings. The van der Waals surface area contributed by atoms with E-state index in [0.717, 1.165) is 71.7 Å². The molecule has 0 aliphatic carbocycles. The van der Waals surface area contributed by atoms with Crippen LogP contribution in [0.2, 0.25) is 0 Å². The summed E-state index contributed by atoms with van der Waals surface area (Å²) in [6, 6.07) is 52.1. The highest BCUT2D eigenvalue weighted by molar-refractivity contribution is 7.25. The summed E-state index contributed by atoms with van der Waals surface area (Å²) in [7, 11) is 0. The lowest BCUT2D eigenvalue weighted by Crippen LogP contribution is -2.00. The topological polar surface area (TPSA) is 65.0 Å². The summed E-state index contributed by atoms with van der Waals surface area (Å²) < 4.78 is 15.7. The van der Waals surface area contributed by atoms with E-state index in [4.69, 9.17) is 23.8 Å². The monoisotopic (exact) mass is 671 g/mol. The second-order valence-corrected chi connectivity index (χ2v) is 13.8. The number of fused-ring (bicyclic) bond motifs is 9. The maximum Gasteiger partial charge on any atom is 0.167 e. The van der Waals surface area contributed by atoms with Crippen molar-refractivity contribution in [2.45, 2.75) is 0 Å². The maximum atomic E-state index is 6.71. The molecule has 0 atom stereocenters. The summed E-state index contributed by atoms with van der Waals surface area (Å²) in [4.78, 5) is 15.4. The Hall–Kier alpha value is -6.63. The van der Waals surface area contributed by atoms with Gasteiger partial charge in [-0.2, -0.15) is 0 Å². The number of para-hydroxylation sites is 3. The fraction of sp³-hybridized carbons (Fsp3) is 0. The zero-order valence-electron chi connectivity index (χ0n) is 27.0. The van der Waals surface area contributed by atoms with Crippen molar-refractivity contribution in [3.8, 4) is 45.3 Å². The highest BCUT2D eigenvalue weighted by atomic mass is 32.1. The Morgan fingerprint density at radius 2 is 1.00 bits per heavy atom. The molecule has 0 saturated carbocycles. The number of benzene rings is 7. The lowest BCUT2D eigenvalue weighted by molar-refractivity contribution is 0.669. The standard InChI is InChI=1S/C45H25N3O2S/c1-2-11-26(12-3-1)43-46-44(48-45(47-43)35-17-10-16-32-29-13-4-7-18-36(29)49-41(32)35)34-24-23-28(42-40(34)33-15-5-8-19-37(33)50-42)27-21-22-31-30-14-6-9-20-38(30)51-39(31)25-27/h1-25H. The second kappa shape index (κ2) is 10.9. The number of nitrogens with zero attached hydrogens (tertiary/aromatic N) is 3. The molecule has 0 saturated heterocycles. The fourth-order valence-corrected chi connectivity index (χ4v) is 8.54. The Bertz CT molecular complexity index is 3160. The molecule has 0 fully saturated rings. The average molecular weight is 672 g/mol. The minimum absolute atomic E-state index is 0.545. The van der Waals surface area contributed by atoms with Crippen LogP contribution in [0.15, 0.2) is 160 Å². The first-order chi connectivity index (χ1) is 25.3. The molecular formula is C45H25N3O2S. The highest BCUT2D eigenvalue weighted by Crippen LogP contribution is 2.44. The molecule has 0 bridgehead atoms. The quantitative estimate of drug-likeness (QED) is 0.186. The third-order valence-corrected chi connectivity index (χ3v) is 10.9. The van der Waals surface area contributed by atoms with Crippen LogP contribution in [-0.2, 0) is 0 Å². The van der Waals surface area contributed by atoms with Crippen molar-refractivity contribution < 1.29 is 8.83 Å². The normalized spacial score (nSPS) is 11.9. The molecule has 4 heterocycles. The molecule has 238 valence electrons. The Kier molecular flexibility index (Phi) is 6.05. The average Bonchev–Trinajstić information content (AvgIpc) is 3.89. The van der Waals surface area contributed by atoms with E-state index in [9.17, 15) is 0 Å². The van der Waals surface area contributed by atoms with Gasteiger partial charge in [-0.1, -0.05) is 109 Å². The van der Waals surface area contributed by atoms with E-state index in [1.807, 2.05) is 90.2 Å². The molecule has 0 unspecified atom stereocenters. The van der Waals surface area contributed by atoms with Gasteiger partial charge >= 0.3 is 0 Å². The molecule has 7 aromatic carbocycles. The summed E-state index contributed by atoms with van der Waals surface area (Å²) in [5.74, 6) is 1.70. The van der Waals surface area contributed by atoms with E-state index in [1.165, 1.54) is 20.2 Å². The summed E-state index contributed by atoms with van der Waals surface area (Å²) in [5.41, 5.74) is 7.90. The first-order valence-corrected chi connectivity index (χ1v) is 17.7. The van der Waals surface area contributed by atoms with E-state index in [-0.39, 0.29) is 0 Å². The molecule has 4 aromatic heterocycles. The van der Waals surface area contributed by atoms with Crippen LogP contribution in [0, 0.1) is 0 Å². The first-order valence-electron chi connectivity index (χ1n) is 16.9. The van der Waals surface area contributed by atoms with Gasteiger partial charge in [0.1, 0.15) is 22.3 Å². The molecule has 0 aliphatic rings. The minimum atomic E-state index is 0.545. The first kappa shape index (κ1) is 28.2. The summed E-state index contributed by atoms with van der Waals surface area (Å²) in [5, 5.41) is 6.61. The predicted octanol–water partition coefficient (Wildman–Crippen LogP) is 12.7. The smallest absolute Gasteiger partial charge is 0.167 e. The van der Waals surface area contributed by atoms with Gasteiger partial charge in [-0.3, -0.25) is 0 Å². The molecule has 51 heavy (non-hydrogen) atoms. The summed E-state index contributed by atoms with van der Waals surface area (Å²) in [6.45, 7) is 0. The Morgan fingerprint density at radius 3 is 1.86 bits per heavy atom. The van der Waals surface area contributed by atoms with Crippen molar-refractivity contribution in [1.29, 1.82) is 0 Å². The number of hydrogen-bond acceptors (Lipinski definition) is 6. The van der Waals surface area contributed by atoms with Crippen molar-refractivity contribution in [3.05, 3.63) is 152 Å². The number of furan rings is 2. The number of hydrogen-bond donors (Lipinski definition) is 0. The molecule has 0 spiro atoms. The van der Waals surface area contributed by atoms with E-state index < -0.39 is 0 Å². The van der Waals surface area contributed by atoms with Gasteiger partial charge in [-0.25, -0.2) is 15.0 Å². The number of thiophene rings is 1. The van der Waals surface area contributed by atoms with E-state index in [0.29, 0.717) is 17.5 Å². The zero-order valence-corrected chi connectivity index (χ0v) is 27.8. The molecule has 11 rings (SSSR count). The third-order valence-electron chi connectivity index (χ3n) is 9.77. The van der Waals surface area contributed by atoms with Crippen LogP contribution >= 0.6 is 11.3 Å². The van der Waals surface area contributed by atoms with Gasteiger partial charge < -0.3 is 8.83 Å². The SMILES string of the molecule is c1ccc(-c2nc(-c3cccc4c3oc3ccccc34)nc(-c3ccc(-c4ccc5c(c4)sc4ccccc45)c4oc5ccccc5c34)n2)cc1. The highest BCUT2D eigenvalue weighted by Gasteiger charge is 2.22. The van der Waals surface area contributed by atoms with Gasteiger partial charge in [0.25, 0.3) is 0 Å². The van der Waals surface area contributed by atoms with Crippen molar-refractivity contribution in [2.75, 3.05) is 0 Å². The van der Waals surface area contributed by atoms with Crippen molar-refractivity contribution in [1.82, 2.24) is 15.0 Å². The molecule has 0 amide bonds. The van der Waals surface area contributed by atoms with E-state index in [1.54, 1.807) is 0 Å². The fourth-order valence-electron chi connectivity index (χ4n) is 7.39. The van der Waals surface area contributed by atoms with E-state index >= 15 is 0 Å². The van der Waals surface area contributed by atoms with Crippen molar-refractivity contribution >= 4 is 75.4 Å². The predicted molar refractivity (Wildman–Crippen MR) is 209 cm³/mol. The molecular weight excluding hydrogens is 647 g/mol. The van der Waals surface area contributed by atoms with Gasteiger partial charge in [-0.15, -0.1) is 11.3 Å². The zero-order chi connectivity index (χ0) is 33.5. The van der Waals surface area contributed by atoms with Crippen LogP contribution in [0.1, 0.15) is 0 Å². The van der Waals surface area contributed by atoms with Gasteiger partial charge in [-0.05, 0) is 48.0 Å². The van der Waals surface area contributed by atoms with E-state index in [2.05, 4.69) is 72.8 Å². The van der Waals surface area contributed by atoms with Gasteiger partial charge in [0.05, 0.1) is 5.56 Å². The summed E-state index contributed by atoms with van der Waals surface area (Å²) in [6.07, 6.45) is 0. The number of aromatic nitrogens is 3. The Morgan fingerprint density at radius 1 is 0.373 bits per heavy atom. The molecule has 5 nitrogen and oxygen atoms in total. The Balaban J connectivity index is 1.17. The number of rotatable bonds is 4. The van der Waals surface area contributed by atoms with Crippen LogP contribution in [-0.4, -0.2) is 15.0 Å². The molecule has 0 N–H and O–H groups in total. The summed E-state index contributed by atoms with van der Waals surface area (Å²) >= 11 is 1.82. The Labute approximate surface area is 295 Å². The molecule has 0 radical (unpaired) electrons. The van der Waals surface area contributed by atoms with Crippen LogP contribution in [0.3, 0.4) is 0 Å². The van der Waals surface area contributed by atoms with Crippen molar-refractivity contribution in [3.63, 3.8) is 0 Å². The van der Waals surface area contributed by atoms with Gasteiger partial charge in [0.15, 0.2) is 17.5 Å². The molecule has 0 aliphatic heterocycles. The van der Waals surface area contributed by atoms with Crippen molar-refractivity contribution in [2.24, 2.45) is 0 Å². The van der Waals surface area contributed by atoms with Crippen LogP contribution < -0.4 is 0 Å². The lowest BCUT2D eigenvalue weighted by atomic mass is 9.97. The third kappa shape index (κ3) is 4.37. The maximum absolute atomic E-state index is 6.71. The minimum Gasteiger partial charge on any atom is -0.455 e. The lowest BCUT2D eigenvalue weighted by Gasteiger charge is -2.11. The second-order valence-electron chi connectivity index (χ2n) is 12.7. The van der Waals surface area contributed by atoms with Crippen LogP contribution in [0.5, 0.6) is 0 Å². The van der Waals surface area contributed by atoms with Gasteiger partial charge in [0, 0.05) is 58.4 Å². The van der Waals surface area contributed by atoms with Gasteiger partial charge in [0.2, 0.25) is 0 Å².